The molecule has 0 spiro atoms. The second-order valence-corrected chi connectivity index (χ2v) is 6.51. The molecule has 0 bridgehead atoms. The molecule has 4 nitrogen and oxygen atoms in total. The molecule has 0 saturated heterocycles. The Kier molecular flexibility index (Phi) is 7.00. The quantitative estimate of drug-likeness (QED) is 0.450. The van der Waals surface area contributed by atoms with Crippen LogP contribution in [0.25, 0.3) is 5.69 Å². The maximum Gasteiger partial charge on any atom is 0.255 e. The summed E-state index contributed by atoms with van der Waals surface area (Å²) in [6, 6.07) is 14.8. The van der Waals surface area contributed by atoms with E-state index in [0.717, 1.165) is 5.57 Å². The second kappa shape index (κ2) is 10.1. The number of halogens is 1. The molecule has 0 unspecified atom stereocenters. The van der Waals surface area contributed by atoms with Gasteiger partial charge in [-0.05, 0) is 60.2 Å². The van der Waals surface area contributed by atoms with Crippen molar-refractivity contribution < 1.29 is 13.9 Å². The highest BCUT2D eigenvalue weighted by atomic mass is 19.1. The van der Waals surface area contributed by atoms with Gasteiger partial charge in [0.05, 0.1) is 18.0 Å². The fourth-order valence-corrected chi connectivity index (χ4v) is 2.92. The molecule has 1 amide bonds. The van der Waals surface area contributed by atoms with Gasteiger partial charge in [-0.25, -0.2) is 4.39 Å². The van der Waals surface area contributed by atoms with E-state index in [1.807, 2.05) is 35.2 Å². The van der Waals surface area contributed by atoms with Crippen LogP contribution in [0.15, 0.2) is 104 Å². The van der Waals surface area contributed by atoms with Crippen LogP contribution in [-0.4, -0.2) is 17.1 Å². The molecule has 0 radical (unpaired) electrons. The van der Waals surface area contributed by atoms with Crippen molar-refractivity contribution in [2.24, 2.45) is 0 Å². The Bertz CT molecular complexity index is 1050. The maximum atomic E-state index is 13.8. The Labute approximate surface area is 175 Å². The summed E-state index contributed by atoms with van der Waals surface area (Å²) in [5.41, 5.74) is 2.56. The van der Waals surface area contributed by atoms with Crippen molar-refractivity contribution in [1.82, 2.24) is 4.57 Å². The van der Waals surface area contributed by atoms with E-state index in [1.54, 1.807) is 42.5 Å². The van der Waals surface area contributed by atoms with Gasteiger partial charge >= 0.3 is 0 Å². The van der Waals surface area contributed by atoms with E-state index in [2.05, 4.69) is 18.5 Å². The number of anilines is 1. The first-order valence-electron chi connectivity index (χ1n) is 9.52. The van der Waals surface area contributed by atoms with Crippen LogP contribution in [0.5, 0.6) is 5.75 Å². The van der Waals surface area contributed by atoms with Crippen molar-refractivity contribution in [2.45, 2.75) is 6.42 Å². The molecule has 5 heteroatoms. The van der Waals surface area contributed by atoms with Crippen molar-refractivity contribution in [3.8, 4) is 11.4 Å². The Morgan fingerprint density at radius 3 is 2.50 bits per heavy atom. The van der Waals surface area contributed by atoms with E-state index in [-0.39, 0.29) is 5.91 Å². The summed E-state index contributed by atoms with van der Waals surface area (Å²) in [6.45, 7) is 7.91. The van der Waals surface area contributed by atoms with Crippen molar-refractivity contribution in [2.75, 3.05) is 11.9 Å². The maximum absolute atomic E-state index is 13.8. The molecule has 2 aromatic carbocycles. The first kappa shape index (κ1) is 20.9. The number of allylic oxidation sites excluding steroid dienone is 3. The summed E-state index contributed by atoms with van der Waals surface area (Å²) in [7, 11) is 0. The second-order valence-electron chi connectivity index (χ2n) is 6.51. The zero-order chi connectivity index (χ0) is 21.3. The van der Waals surface area contributed by atoms with Crippen LogP contribution in [0.2, 0.25) is 0 Å². The van der Waals surface area contributed by atoms with Gasteiger partial charge in [0.1, 0.15) is 11.6 Å². The Morgan fingerprint density at radius 2 is 1.83 bits per heavy atom. The van der Waals surface area contributed by atoms with E-state index >= 15 is 0 Å². The number of hydrogen-bond acceptors (Lipinski definition) is 2. The molecule has 0 aliphatic carbocycles. The molecule has 1 aromatic heterocycles. The molecule has 0 atom stereocenters. The fourth-order valence-electron chi connectivity index (χ4n) is 2.92. The van der Waals surface area contributed by atoms with Gasteiger partial charge in [-0.3, -0.25) is 4.79 Å². The lowest BCUT2D eigenvalue weighted by molar-refractivity contribution is 0.102. The molecule has 152 valence electrons. The molecule has 3 aromatic rings. The lowest BCUT2D eigenvalue weighted by Crippen LogP contribution is -2.14. The van der Waals surface area contributed by atoms with Crippen LogP contribution in [0.4, 0.5) is 10.1 Å². The summed E-state index contributed by atoms with van der Waals surface area (Å²) in [5, 5.41) is 2.79. The van der Waals surface area contributed by atoms with E-state index < -0.39 is 5.82 Å². The van der Waals surface area contributed by atoms with Gasteiger partial charge in [0.15, 0.2) is 0 Å². The molecule has 0 aliphatic rings. The number of carbonyl (C=O) groups is 1. The normalized spacial score (nSPS) is 11.0. The number of amides is 1. The molecule has 0 saturated carbocycles. The zero-order valence-electron chi connectivity index (χ0n) is 16.6. The van der Waals surface area contributed by atoms with Gasteiger partial charge in [-0.2, -0.15) is 0 Å². The number of benzene rings is 2. The molecule has 30 heavy (non-hydrogen) atoms. The van der Waals surface area contributed by atoms with Crippen LogP contribution in [0.1, 0.15) is 16.8 Å². The third-order valence-electron chi connectivity index (χ3n) is 4.46. The van der Waals surface area contributed by atoms with Gasteiger partial charge in [0.25, 0.3) is 5.91 Å². The zero-order valence-corrected chi connectivity index (χ0v) is 16.6. The van der Waals surface area contributed by atoms with Crippen LogP contribution < -0.4 is 10.1 Å². The van der Waals surface area contributed by atoms with E-state index in [0.29, 0.717) is 35.7 Å². The summed E-state index contributed by atoms with van der Waals surface area (Å²) < 4.78 is 21.3. The van der Waals surface area contributed by atoms with Gasteiger partial charge in [-0.15, -0.1) is 0 Å². The minimum Gasteiger partial charge on any atom is -0.493 e. The summed E-state index contributed by atoms with van der Waals surface area (Å²) in [6.07, 6.45) is 9.74. The topological polar surface area (TPSA) is 43.3 Å². The largest absolute Gasteiger partial charge is 0.493 e. The number of ether oxygens (including phenoxy) is 1. The molecule has 1 heterocycles. The van der Waals surface area contributed by atoms with Gasteiger partial charge in [0, 0.05) is 24.4 Å². The van der Waals surface area contributed by atoms with E-state index in [9.17, 15) is 9.18 Å². The van der Waals surface area contributed by atoms with Crippen molar-refractivity contribution in [1.29, 1.82) is 0 Å². The Hall–Kier alpha value is -3.86. The van der Waals surface area contributed by atoms with Gasteiger partial charge < -0.3 is 14.6 Å². The monoisotopic (exact) mass is 402 g/mol. The van der Waals surface area contributed by atoms with Crippen LogP contribution in [-0.2, 0) is 0 Å². The minimum absolute atomic E-state index is 0.330. The highest BCUT2D eigenvalue weighted by Crippen LogP contribution is 2.23. The standard InChI is InChI=1S/C25H23FN2O2/c1-3-7-19(4-2)14-17-30-22-11-8-20(9-12-22)25(29)27-23-18-21(26)10-13-24(23)28-15-5-6-16-28/h3-13,15-16,18H,1-2,14,17H2,(H,27,29)/b19-7+. The molecule has 0 fully saturated rings. The van der Waals surface area contributed by atoms with Gasteiger partial charge in [-0.1, -0.05) is 31.4 Å². The Balaban J connectivity index is 1.66. The van der Waals surface area contributed by atoms with Crippen LogP contribution >= 0.6 is 0 Å². The first-order chi connectivity index (χ1) is 14.6. The molecular weight excluding hydrogens is 379 g/mol. The fraction of sp³-hybridized carbons (Fsp3) is 0.0800. The molecule has 1 N–H and O–H groups in total. The first-order valence-corrected chi connectivity index (χ1v) is 9.52. The van der Waals surface area contributed by atoms with E-state index in [1.165, 1.54) is 12.1 Å². The molecule has 0 aliphatic heterocycles. The summed E-state index contributed by atoms with van der Waals surface area (Å²) in [5.74, 6) is -0.0925. The highest BCUT2D eigenvalue weighted by Gasteiger charge is 2.11. The predicted octanol–water partition coefficient (Wildman–Crippen LogP) is 5.94. The number of nitrogens with zero attached hydrogens (tertiary/aromatic N) is 1. The average molecular weight is 402 g/mol. The number of rotatable bonds is 9. The summed E-state index contributed by atoms with van der Waals surface area (Å²) in [4.78, 5) is 12.7. The van der Waals surface area contributed by atoms with Gasteiger partial charge in [0.2, 0.25) is 0 Å². The van der Waals surface area contributed by atoms with Crippen LogP contribution in [0, 0.1) is 5.82 Å². The van der Waals surface area contributed by atoms with Crippen LogP contribution in [0.3, 0.4) is 0 Å². The lowest BCUT2D eigenvalue weighted by atomic mass is 10.1. The number of aromatic nitrogens is 1. The highest BCUT2D eigenvalue weighted by molar-refractivity contribution is 6.05. The van der Waals surface area contributed by atoms with Crippen molar-refractivity contribution in [3.63, 3.8) is 0 Å². The average Bonchev–Trinajstić information content (AvgIpc) is 3.28. The molecule has 3 rings (SSSR count). The van der Waals surface area contributed by atoms with Crippen molar-refractivity contribution >= 4 is 11.6 Å². The third-order valence-corrected chi connectivity index (χ3v) is 4.46. The SMILES string of the molecule is C=C/C=C(\C=C)CCOc1ccc(C(=O)Nc2cc(F)ccc2-n2cccc2)cc1. The lowest BCUT2D eigenvalue weighted by Gasteiger charge is -2.13. The minimum atomic E-state index is -0.422. The Morgan fingerprint density at radius 1 is 1.10 bits per heavy atom. The third kappa shape index (κ3) is 5.35. The van der Waals surface area contributed by atoms with Crippen molar-refractivity contribution in [3.05, 3.63) is 115 Å². The number of hydrogen-bond donors (Lipinski definition) is 1. The van der Waals surface area contributed by atoms with E-state index in [4.69, 9.17) is 4.74 Å². The smallest absolute Gasteiger partial charge is 0.255 e. The predicted molar refractivity (Wildman–Crippen MR) is 119 cm³/mol. The molecular formula is C25H23FN2O2. The summed E-state index contributed by atoms with van der Waals surface area (Å²) >= 11 is 0. The number of nitrogens with one attached hydrogen (secondary N) is 1. The number of carbonyl (C=O) groups excluding carboxylic acids is 1.